The number of esters is 1. The molecular weight excluding hydrogens is 363 g/mol. The van der Waals surface area contributed by atoms with Crippen LogP contribution in [0.4, 0.5) is 4.79 Å². The molecule has 1 rings (SSSR count). The summed E-state index contributed by atoms with van der Waals surface area (Å²) in [5.41, 5.74) is 0. The smallest absolute Gasteiger partial charge is 0.321 e. The first-order chi connectivity index (χ1) is 10.9. The van der Waals surface area contributed by atoms with E-state index in [0.29, 0.717) is 14.9 Å². The molecule has 0 aromatic heterocycles. The number of nitrogens with one attached hydrogen (secondary N) is 2. The van der Waals surface area contributed by atoms with Crippen molar-refractivity contribution in [2.45, 2.75) is 4.90 Å². The Morgan fingerprint density at radius 3 is 2.74 bits per heavy atom. The predicted molar refractivity (Wildman–Crippen MR) is 89.9 cm³/mol. The fraction of sp³-hybridized carbons (Fsp3) is 0.214. The van der Waals surface area contributed by atoms with Gasteiger partial charge < -0.3 is 10.1 Å². The van der Waals surface area contributed by atoms with E-state index in [9.17, 15) is 14.4 Å². The summed E-state index contributed by atoms with van der Waals surface area (Å²) in [7, 11) is 0. The molecule has 124 valence electrons. The molecule has 1 aromatic carbocycles. The van der Waals surface area contributed by atoms with Gasteiger partial charge in [0.15, 0.2) is 6.61 Å². The third kappa shape index (κ3) is 7.92. The lowest BCUT2D eigenvalue weighted by Crippen LogP contribution is -2.41. The van der Waals surface area contributed by atoms with Gasteiger partial charge in [-0.15, -0.1) is 18.3 Å². The molecule has 3 amide bonds. The normalized spacial score (nSPS) is 9.83. The van der Waals surface area contributed by atoms with E-state index in [2.05, 4.69) is 11.9 Å². The van der Waals surface area contributed by atoms with Crippen LogP contribution in [-0.2, 0) is 14.3 Å². The van der Waals surface area contributed by atoms with Gasteiger partial charge in [-0.25, -0.2) is 4.79 Å². The van der Waals surface area contributed by atoms with Crippen LogP contribution in [0.5, 0.6) is 0 Å². The molecule has 6 nitrogen and oxygen atoms in total. The molecule has 0 aliphatic heterocycles. The molecule has 23 heavy (non-hydrogen) atoms. The summed E-state index contributed by atoms with van der Waals surface area (Å²) in [5, 5.41) is 5.31. The number of thioether (sulfide) groups is 1. The molecule has 0 saturated heterocycles. The second kappa shape index (κ2) is 10.1. The van der Waals surface area contributed by atoms with Crippen LogP contribution in [-0.4, -0.2) is 36.8 Å². The van der Waals surface area contributed by atoms with E-state index < -0.39 is 24.5 Å². The quantitative estimate of drug-likeness (QED) is 0.434. The van der Waals surface area contributed by atoms with Crippen LogP contribution in [0.3, 0.4) is 0 Å². The molecule has 0 atom stereocenters. The first-order valence-corrected chi connectivity index (χ1v) is 8.08. The van der Waals surface area contributed by atoms with Crippen molar-refractivity contribution in [2.24, 2.45) is 0 Å². The molecule has 0 radical (unpaired) electrons. The Bertz CT molecular complexity index is 610. The number of ether oxygens (including phenoxy) is 1. The Morgan fingerprint density at radius 2 is 2.04 bits per heavy atom. The maximum absolute atomic E-state index is 11.6. The van der Waals surface area contributed by atoms with Gasteiger partial charge >= 0.3 is 12.0 Å². The van der Waals surface area contributed by atoms with Crippen LogP contribution >= 0.6 is 35.0 Å². The lowest BCUT2D eigenvalue weighted by molar-refractivity contribution is -0.145. The maximum Gasteiger partial charge on any atom is 0.321 e. The minimum atomic E-state index is -0.731. The van der Waals surface area contributed by atoms with Crippen molar-refractivity contribution in [2.75, 3.05) is 18.9 Å². The van der Waals surface area contributed by atoms with Crippen LogP contribution in [0.15, 0.2) is 35.7 Å². The summed E-state index contributed by atoms with van der Waals surface area (Å²) < 4.78 is 4.75. The molecule has 0 heterocycles. The van der Waals surface area contributed by atoms with Crippen LogP contribution in [0.1, 0.15) is 0 Å². The van der Waals surface area contributed by atoms with Crippen LogP contribution in [0.2, 0.25) is 10.0 Å². The molecule has 0 unspecified atom stereocenters. The number of rotatable bonds is 7. The summed E-state index contributed by atoms with van der Waals surface area (Å²) in [6, 6.07) is 4.19. The van der Waals surface area contributed by atoms with Gasteiger partial charge in [-0.3, -0.25) is 14.9 Å². The monoisotopic (exact) mass is 376 g/mol. The van der Waals surface area contributed by atoms with E-state index in [4.69, 9.17) is 27.9 Å². The summed E-state index contributed by atoms with van der Waals surface area (Å²) in [5.74, 6) is -1.39. The molecule has 2 N–H and O–H groups in total. The highest BCUT2D eigenvalue weighted by Gasteiger charge is 2.12. The Morgan fingerprint density at radius 1 is 1.30 bits per heavy atom. The number of benzene rings is 1. The predicted octanol–water partition coefficient (Wildman–Crippen LogP) is 2.64. The largest absolute Gasteiger partial charge is 0.455 e. The maximum atomic E-state index is 11.6. The third-order valence-corrected chi connectivity index (χ3v) is 3.97. The van der Waals surface area contributed by atoms with Gasteiger partial charge in [-0.1, -0.05) is 29.3 Å². The van der Waals surface area contributed by atoms with Gasteiger partial charge in [-0.05, 0) is 18.2 Å². The highest BCUT2D eigenvalue weighted by atomic mass is 35.5. The lowest BCUT2D eigenvalue weighted by Gasteiger charge is -2.07. The van der Waals surface area contributed by atoms with Crippen molar-refractivity contribution in [3.8, 4) is 0 Å². The highest BCUT2D eigenvalue weighted by Crippen LogP contribution is 2.29. The van der Waals surface area contributed by atoms with Gasteiger partial charge in [0.25, 0.3) is 5.91 Å². The van der Waals surface area contributed by atoms with Crippen molar-refractivity contribution in [3.63, 3.8) is 0 Å². The van der Waals surface area contributed by atoms with Gasteiger partial charge in [0.05, 0.1) is 10.8 Å². The number of hydrogen-bond donors (Lipinski definition) is 2. The van der Waals surface area contributed by atoms with E-state index in [1.807, 2.05) is 5.32 Å². The van der Waals surface area contributed by atoms with E-state index in [-0.39, 0.29) is 12.3 Å². The Balaban J connectivity index is 2.31. The van der Waals surface area contributed by atoms with Crippen molar-refractivity contribution < 1.29 is 19.1 Å². The summed E-state index contributed by atoms with van der Waals surface area (Å²) in [6.45, 7) is 3.08. The van der Waals surface area contributed by atoms with Crippen molar-refractivity contribution >= 4 is 52.9 Å². The number of hydrogen-bond acceptors (Lipinski definition) is 5. The van der Waals surface area contributed by atoms with E-state index in [0.717, 1.165) is 11.8 Å². The second-order valence-corrected chi connectivity index (χ2v) is 5.93. The Hall–Kier alpha value is -1.70. The van der Waals surface area contributed by atoms with Crippen molar-refractivity contribution in [1.82, 2.24) is 10.6 Å². The van der Waals surface area contributed by atoms with Gasteiger partial charge in [0.2, 0.25) is 0 Å². The number of amides is 3. The van der Waals surface area contributed by atoms with E-state index in [1.165, 1.54) is 6.08 Å². The number of carbonyl (C=O) groups is 3. The molecular formula is C14H14Cl2N2O4S. The zero-order valence-corrected chi connectivity index (χ0v) is 14.3. The first-order valence-electron chi connectivity index (χ1n) is 6.34. The number of carbonyl (C=O) groups excluding carboxylic acids is 3. The van der Waals surface area contributed by atoms with Crippen LogP contribution < -0.4 is 10.6 Å². The summed E-state index contributed by atoms with van der Waals surface area (Å²) in [4.78, 5) is 34.7. The summed E-state index contributed by atoms with van der Waals surface area (Å²) in [6.07, 6.45) is 1.46. The SMILES string of the molecule is C=CCNC(=O)NC(=O)COC(=O)CSc1cc(Cl)ccc1Cl. The number of imide groups is 1. The fourth-order valence-corrected chi connectivity index (χ4v) is 2.57. The van der Waals surface area contributed by atoms with Gasteiger partial charge in [0.1, 0.15) is 0 Å². The third-order valence-electron chi connectivity index (χ3n) is 2.26. The van der Waals surface area contributed by atoms with E-state index in [1.54, 1.807) is 18.2 Å². The molecule has 9 heteroatoms. The lowest BCUT2D eigenvalue weighted by atomic mass is 10.4. The first kappa shape index (κ1) is 19.3. The molecule has 0 aliphatic rings. The molecule has 0 bridgehead atoms. The number of urea groups is 1. The minimum absolute atomic E-state index is 0.0456. The van der Waals surface area contributed by atoms with Crippen molar-refractivity contribution in [1.29, 1.82) is 0 Å². The zero-order valence-electron chi connectivity index (χ0n) is 11.9. The highest BCUT2D eigenvalue weighted by molar-refractivity contribution is 8.00. The molecule has 0 spiro atoms. The summed E-state index contributed by atoms with van der Waals surface area (Å²) >= 11 is 12.9. The Kier molecular flexibility index (Phi) is 8.53. The molecule has 0 saturated carbocycles. The molecule has 0 aliphatic carbocycles. The zero-order chi connectivity index (χ0) is 17.2. The molecule has 0 fully saturated rings. The topological polar surface area (TPSA) is 84.5 Å². The van der Waals surface area contributed by atoms with E-state index >= 15 is 0 Å². The standard InChI is InChI=1S/C14H14Cl2N2O4S/c1-2-5-17-14(21)18-12(19)7-22-13(20)8-23-11-6-9(15)3-4-10(11)16/h2-4,6H,1,5,7-8H2,(H2,17,18,19,21). The average molecular weight is 377 g/mol. The van der Waals surface area contributed by atoms with Gasteiger partial charge in [-0.2, -0.15) is 0 Å². The van der Waals surface area contributed by atoms with Crippen LogP contribution in [0.25, 0.3) is 0 Å². The second-order valence-electron chi connectivity index (χ2n) is 4.07. The van der Waals surface area contributed by atoms with Gasteiger partial charge in [0, 0.05) is 16.5 Å². The fourth-order valence-electron chi connectivity index (χ4n) is 1.28. The van der Waals surface area contributed by atoms with Crippen molar-refractivity contribution in [3.05, 3.63) is 40.9 Å². The molecule has 1 aromatic rings. The average Bonchev–Trinajstić information content (AvgIpc) is 2.51. The minimum Gasteiger partial charge on any atom is -0.455 e. The Labute approximate surface area is 147 Å². The van der Waals surface area contributed by atoms with Crippen LogP contribution in [0, 0.1) is 0 Å². The number of halogens is 2.